The molecule has 0 aromatic heterocycles. The van der Waals surface area contributed by atoms with Gasteiger partial charge in [-0.2, -0.15) is 0 Å². The summed E-state index contributed by atoms with van der Waals surface area (Å²) >= 11 is 0. The predicted molar refractivity (Wildman–Crippen MR) is 54.5 cm³/mol. The van der Waals surface area contributed by atoms with E-state index in [1.54, 1.807) is 0 Å². The van der Waals surface area contributed by atoms with Gasteiger partial charge in [0.05, 0.1) is 12.5 Å². The van der Waals surface area contributed by atoms with Gasteiger partial charge in [-0.3, -0.25) is 4.79 Å². The van der Waals surface area contributed by atoms with Gasteiger partial charge in [0.2, 0.25) is 0 Å². The van der Waals surface area contributed by atoms with Gasteiger partial charge in [-0.15, -0.1) is 5.16 Å². The van der Waals surface area contributed by atoms with Crippen molar-refractivity contribution in [3.63, 3.8) is 0 Å². The van der Waals surface area contributed by atoms with Gasteiger partial charge in [0, 0.05) is 12.6 Å². The van der Waals surface area contributed by atoms with Crippen molar-refractivity contribution in [3.05, 3.63) is 0 Å². The Balaban J connectivity index is 4.87. The molecule has 0 radical (unpaired) electrons. The first-order chi connectivity index (χ1) is 6.55. The summed E-state index contributed by atoms with van der Waals surface area (Å²) in [5.74, 6) is -0.0900. The van der Waals surface area contributed by atoms with Crippen molar-refractivity contribution in [1.82, 2.24) is 0 Å². The normalized spacial score (nSPS) is 15.8. The minimum Gasteiger partial charge on any atom is -0.469 e. The van der Waals surface area contributed by atoms with Gasteiger partial charge >= 0.3 is 5.97 Å². The van der Waals surface area contributed by atoms with Gasteiger partial charge < -0.3 is 9.94 Å². The van der Waals surface area contributed by atoms with Crippen molar-refractivity contribution >= 4 is 12.2 Å². The van der Waals surface area contributed by atoms with E-state index in [1.165, 1.54) is 13.3 Å². The maximum Gasteiger partial charge on any atom is 0.312 e. The van der Waals surface area contributed by atoms with Crippen LogP contribution < -0.4 is 0 Å². The lowest BCUT2D eigenvalue weighted by molar-refractivity contribution is -0.155. The third-order valence-corrected chi connectivity index (χ3v) is 2.87. The molecule has 0 aliphatic heterocycles. The monoisotopic (exact) mass is 201 g/mol. The van der Waals surface area contributed by atoms with Gasteiger partial charge in [-0.05, 0) is 12.3 Å². The summed E-state index contributed by atoms with van der Waals surface area (Å²) in [6.07, 6.45) is 2.42. The quantitative estimate of drug-likeness (QED) is 0.320. The average molecular weight is 201 g/mol. The second-order valence-electron chi connectivity index (χ2n) is 3.66. The van der Waals surface area contributed by atoms with E-state index in [-0.39, 0.29) is 11.9 Å². The molecule has 0 saturated heterocycles. The molecule has 1 N–H and O–H groups in total. The summed E-state index contributed by atoms with van der Waals surface area (Å²) in [6, 6.07) is 0. The molecular weight excluding hydrogens is 182 g/mol. The molecule has 4 nitrogen and oxygen atoms in total. The first kappa shape index (κ1) is 12.9. The standard InChI is InChI=1S/C10H19NO3/c1-5-10(8(2)3,6-7-11-13)9(12)14-4/h7-8,13H,5-6H2,1-4H3/b11-7+. The maximum atomic E-state index is 11.6. The lowest BCUT2D eigenvalue weighted by Crippen LogP contribution is -2.37. The van der Waals surface area contributed by atoms with E-state index in [4.69, 9.17) is 9.94 Å². The van der Waals surface area contributed by atoms with Crippen LogP contribution in [0.25, 0.3) is 0 Å². The highest BCUT2D eigenvalue weighted by Gasteiger charge is 2.40. The van der Waals surface area contributed by atoms with Crippen LogP contribution in [0.4, 0.5) is 0 Å². The van der Waals surface area contributed by atoms with Crippen LogP contribution in [0.3, 0.4) is 0 Å². The summed E-state index contributed by atoms with van der Waals surface area (Å²) in [5, 5.41) is 11.3. The molecule has 0 bridgehead atoms. The molecule has 82 valence electrons. The fourth-order valence-electron chi connectivity index (χ4n) is 1.66. The molecule has 0 rings (SSSR count). The lowest BCUT2D eigenvalue weighted by Gasteiger charge is -2.32. The first-order valence-corrected chi connectivity index (χ1v) is 4.79. The minimum absolute atomic E-state index is 0.151. The molecule has 0 saturated carbocycles. The molecule has 4 heteroatoms. The number of nitrogens with zero attached hydrogens (tertiary/aromatic N) is 1. The van der Waals surface area contributed by atoms with Crippen LogP contribution in [0.1, 0.15) is 33.6 Å². The van der Waals surface area contributed by atoms with E-state index < -0.39 is 5.41 Å². The highest BCUT2D eigenvalue weighted by atomic mass is 16.5. The average Bonchev–Trinajstić information content (AvgIpc) is 2.18. The Hall–Kier alpha value is -1.06. The Bertz CT molecular complexity index is 213. The number of esters is 1. The van der Waals surface area contributed by atoms with Crippen molar-refractivity contribution in [2.75, 3.05) is 7.11 Å². The molecule has 0 aromatic carbocycles. The third-order valence-electron chi connectivity index (χ3n) is 2.87. The number of hydrogen-bond donors (Lipinski definition) is 1. The van der Waals surface area contributed by atoms with E-state index in [0.717, 1.165) is 0 Å². The van der Waals surface area contributed by atoms with Crippen LogP contribution in [0.5, 0.6) is 0 Å². The number of carbonyl (C=O) groups excluding carboxylic acids is 1. The van der Waals surface area contributed by atoms with Crippen LogP contribution in [-0.4, -0.2) is 24.5 Å². The molecule has 1 atom stereocenters. The number of methoxy groups -OCH3 is 1. The second-order valence-corrected chi connectivity index (χ2v) is 3.66. The van der Waals surface area contributed by atoms with E-state index >= 15 is 0 Å². The first-order valence-electron chi connectivity index (χ1n) is 4.79. The summed E-state index contributed by atoms with van der Waals surface area (Å²) in [6.45, 7) is 5.86. The van der Waals surface area contributed by atoms with E-state index in [1.807, 2.05) is 20.8 Å². The molecule has 0 aliphatic carbocycles. The van der Waals surface area contributed by atoms with Crippen molar-refractivity contribution in [2.24, 2.45) is 16.5 Å². The highest BCUT2D eigenvalue weighted by Crippen LogP contribution is 2.35. The van der Waals surface area contributed by atoms with E-state index in [0.29, 0.717) is 12.8 Å². The van der Waals surface area contributed by atoms with Gasteiger partial charge in [-0.25, -0.2) is 0 Å². The number of carbonyl (C=O) groups is 1. The highest BCUT2D eigenvalue weighted by molar-refractivity contribution is 5.80. The zero-order valence-electron chi connectivity index (χ0n) is 9.28. The molecule has 0 aromatic rings. The molecule has 1 unspecified atom stereocenters. The minimum atomic E-state index is -0.568. The molecule has 0 spiro atoms. The van der Waals surface area contributed by atoms with Gasteiger partial charge in [-0.1, -0.05) is 20.8 Å². The zero-order chi connectivity index (χ0) is 11.2. The number of hydrogen-bond acceptors (Lipinski definition) is 4. The summed E-state index contributed by atoms with van der Waals surface area (Å²) in [4.78, 5) is 11.6. The Kier molecular flexibility index (Phi) is 5.20. The molecule has 0 fully saturated rings. The van der Waals surface area contributed by atoms with Crippen LogP contribution >= 0.6 is 0 Å². The fourth-order valence-corrected chi connectivity index (χ4v) is 1.66. The Morgan fingerprint density at radius 1 is 1.64 bits per heavy atom. The number of ether oxygens (including phenoxy) is 1. The van der Waals surface area contributed by atoms with Crippen molar-refractivity contribution in [3.8, 4) is 0 Å². The van der Waals surface area contributed by atoms with Crippen LogP contribution in [0.2, 0.25) is 0 Å². The number of rotatable bonds is 5. The zero-order valence-corrected chi connectivity index (χ0v) is 9.28. The van der Waals surface area contributed by atoms with Gasteiger partial charge in [0.15, 0.2) is 0 Å². The van der Waals surface area contributed by atoms with Gasteiger partial charge in [0.25, 0.3) is 0 Å². The molecule has 14 heavy (non-hydrogen) atoms. The molecule has 0 heterocycles. The van der Waals surface area contributed by atoms with Crippen LogP contribution in [0, 0.1) is 11.3 Å². The van der Waals surface area contributed by atoms with Gasteiger partial charge in [0.1, 0.15) is 0 Å². The maximum absolute atomic E-state index is 11.6. The predicted octanol–water partition coefficient (Wildman–Crippen LogP) is 2.06. The third kappa shape index (κ3) is 2.47. The van der Waals surface area contributed by atoms with Crippen LogP contribution in [-0.2, 0) is 9.53 Å². The fraction of sp³-hybridized carbons (Fsp3) is 0.800. The Morgan fingerprint density at radius 2 is 2.21 bits per heavy atom. The molecular formula is C10H19NO3. The van der Waals surface area contributed by atoms with E-state index in [2.05, 4.69) is 5.16 Å². The second kappa shape index (κ2) is 5.62. The van der Waals surface area contributed by atoms with Crippen molar-refractivity contribution < 1.29 is 14.7 Å². The Morgan fingerprint density at radius 3 is 2.50 bits per heavy atom. The largest absolute Gasteiger partial charge is 0.469 e. The van der Waals surface area contributed by atoms with Crippen molar-refractivity contribution in [1.29, 1.82) is 0 Å². The summed E-state index contributed by atoms with van der Waals surface area (Å²) in [5.41, 5.74) is -0.568. The molecule has 0 aliphatic rings. The molecule has 0 amide bonds. The van der Waals surface area contributed by atoms with Crippen molar-refractivity contribution in [2.45, 2.75) is 33.6 Å². The SMILES string of the molecule is CCC(C/C=N/O)(C(=O)OC)C(C)C. The summed E-state index contributed by atoms with van der Waals surface area (Å²) < 4.78 is 4.78. The van der Waals surface area contributed by atoms with E-state index in [9.17, 15) is 4.79 Å². The number of oxime groups is 1. The smallest absolute Gasteiger partial charge is 0.312 e. The summed E-state index contributed by atoms with van der Waals surface area (Å²) in [7, 11) is 1.38. The topological polar surface area (TPSA) is 58.9 Å². The lowest BCUT2D eigenvalue weighted by atomic mass is 9.73. The van der Waals surface area contributed by atoms with Crippen LogP contribution in [0.15, 0.2) is 5.16 Å². The Labute approximate surface area is 84.9 Å².